The molecule has 2 aromatic carbocycles. The topological polar surface area (TPSA) is 73.3 Å². The Labute approximate surface area is 161 Å². The highest BCUT2D eigenvalue weighted by Gasteiger charge is 2.19. The molecule has 0 aliphatic carbocycles. The van der Waals surface area contributed by atoms with E-state index in [1.54, 1.807) is 6.07 Å². The number of fused-ring (bicyclic) bond motifs is 2. The molecule has 0 saturated carbocycles. The highest BCUT2D eigenvalue weighted by Crippen LogP contribution is 2.33. The molecule has 3 aromatic rings. The van der Waals surface area contributed by atoms with Gasteiger partial charge in [0.25, 0.3) is 0 Å². The third-order valence-corrected chi connectivity index (χ3v) is 5.25. The average molecular weight is 381 g/mol. The number of thioether (sulfide) groups is 1. The number of anilines is 1. The van der Waals surface area contributed by atoms with Crippen molar-refractivity contribution in [1.29, 1.82) is 0 Å². The molecule has 6 nitrogen and oxygen atoms in total. The maximum Gasteiger partial charge on any atom is 0.237 e. The number of rotatable bonds is 4. The number of amides is 1. The second-order valence-electron chi connectivity index (χ2n) is 6.20. The molecule has 0 spiro atoms. The number of carbonyl (C=O) groups excluding carboxylic acids is 1. The van der Waals surface area contributed by atoms with Crippen molar-refractivity contribution < 1.29 is 14.3 Å². The number of hydrogen-bond acceptors (Lipinski definition) is 6. The lowest BCUT2D eigenvalue weighted by Gasteiger charge is -2.19. The van der Waals surface area contributed by atoms with Crippen LogP contribution in [0.1, 0.15) is 12.7 Å². The quantitative estimate of drug-likeness (QED) is 0.547. The second-order valence-corrected chi connectivity index (χ2v) is 7.53. The minimum absolute atomic E-state index is 0.1000. The van der Waals surface area contributed by atoms with Crippen LogP contribution >= 0.6 is 11.8 Å². The van der Waals surface area contributed by atoms with E-state index in [0.29, 0.717) is 36.2 Å². The highest BCUT2D eigenvalue weighted by molar-refractivity contribution is 8.00. The number of benzene rings is 2. The third-order valence-electron chi connectivity index (χ3n) is 4.15. The molecule has 1 aliphatic rings. The van der Waals surface area contributed by atoms with Crippen LogP contribution < -0.4 is 14.8 Å². The first-order valence-electron chi connectivity index (χ1n) is 8.71. The molecule has 1 aromatic heterocycles. The molecule has 0 bridgehead atoms. The lowest BCUT2D eigenvalue weighted by Crippen LogP contribution is -2.23. The summed E-state index contributed by atoms with van der Waals surface area (Å²) in [5.74, 6) is 1.94. The van der Waals surface area contributed by atoms with Gasteiger partial charge in [0.05, 0.1) is 10.8 Å². The molecule has 2 heterocycles. The summed E-state index contributed by atoms with van der Waals surface area (Å²) in [7, 11) is 0. The smallest absolute Gasteiger partial charge is 0.237 e. The number of nitrogens with zero attached hydrogens (tertiary/aromatic N) is 2. The summed E-state index contributed by atoms with van der Waals surface area (Å²) in [6.45, 7) is 4.77. The van der Waals surface area contributed by atoms with Crippen LogP contribution in [0.3, 0.4) is 0 Å². The molecule has 1 N–H and O–H groups in total. The standard InChI is InChI=1S/C20H19N3O3S/c1-12(27-20-15-5-3-4-6-16(15)21-13(2)22-20)19(24)23-14-7-8-17-18(11-14)26-10-9-25-17/h3-8,11-12H,9-10H2,1-2H3,(H,23,24)/t12-/m1/s1. The van der Waals surface area contributed by atoms with Crippen LogP contribution in [-0.4, -0.2) is 34.3 Å². The molecular formula is C20H19N3O3S. The fourth-order valence-electron chi connectivity index (χ4n) is 2.83. The van der Waals surface area contributed by atoms with Gasteiger partial charge in [-0.25, -0.2) is 9.97 Å². The zero-order valence-corrected chi connectivity index (χ0v) is 15.9. The average Bonchev–Trinajstić information content (AvgIpc) is 2.67. The third kappa shape index (κ3) is 3.83. The van der Waals surface area contributed by atoms with Gasteiger partial charge in [0.1, 0.15) is 24.1 Å². The number of ether oxygens (including phenoxy) is 2. The predicted molar refractivity (Wildman–Crippen MR) is 106 cm³/mol. The maximum atomic E-state index is 12.7. The van der Waals surface area contributed by atoms with Gasteiger partial charge >= 0.3 is 0 Å². The van der Waals surface area contributed by atoms with E-state index in [1.165, 1.54) is 11.8 Å². The molecule has 0 unspecified atom stereocenters. The summed E-state index contributed by atoms with van der Waals surface area (Å²) in [4.78, 5) is 21.6. The maximum absolute atomic E-state index is 12.7. The van der Waals surface area contributed by atoms with Crippen LogP contribution in [0.15, 0.2) is 47.5 Å². The van der Waals surface area contributed by atoms with Crippen molar-refractivity contribution in [2.45, 2.75) is 24.1 Å². The van der Waals surface area contributed by atoms with E-state index in [-0.39, 0.29) is 11.2 Å². The summed E-state index contributed by atoms with van der Waals surface area (Å²) < 4.78 is 11.1. The number of aromatic nitrogens is 2. The first-order chi connectivity index (χ1) is 13.1. The minimum Gasteiger partial charge on any atom is -0.486 e. The fraction of sp³-hybridized carbons (Fsp3) is 0.250. The van der Waals surface area contributed by atoms with Crippen molar-refractivity contribution in [2.24, 2.45) is 0 Å². The monoisotopic (exact) mass is 381 g/mol. The second kappa shape index (κ2) is 7.44. The predicted octanol–water partition coefficient (Wildman–Crippen LogP) is 3.83. The van der Waals surface area contributed by atoms with Gasteiger partial charge in [-0.05, 0) is 32.0 Å². The van der Waals surface area contributed by atoms with Crippen LogP contribution in [0.5, 0.6) is 11.5 Å². The Kier molecular flexibility index (Phi) is 4.85. The number of nitrogens with one attached hydrogen (secondary N) is 1. The van der Waals surface area contributed by atoms with Crippen molar-refractivity contribution in [2.75, 3.05) is 18.5 Å². The van der Waals surface area contributed by atoms with Gasteiger partial charge < -0.3 is 14.8 Å². The lowest BCUT2D eigenvalue weighted by atomic mass is 10.2. The summed E-state index contributed by atoms with van der Waals surface area (Å²) in [6.07, 6.45) is 0. The Morgan fingerprint density at radius 3 is 2.74 bits per heavy atom. The lowest BCUT2D eigenvalue weighted by molar-refractivity contribution is -0.115. The zero-order chi connectivity index (χ0) is 18.8. The molecule has 0 saturated heterocycles. The Morgan fingerprint density at radius 1 is 1.11 bits per heavy atom. The molecule has 27 heavy (non-hydrogen) atoms. The Bertz CT molecular complexity index is 1010. The first kappa shape index (κ1) is 17.6. The number of aryl methyl sites for hydroxylation is 1. The van der Waals surface area contributed by atoms with E-state index < -0.39 is 0 Å². The zero-order valence-electron chi connectivity index (χ0n) is 15.1. The van der Waals surface area contributed by atoms with Crippen molar-refractivity contribution in [3.63, 3.8) is 0 Å². The summed E-state index contributed by atoms with van der Waals surface area (Å²) >= 11 is 1.42. The van der Waals surface area contributed by atoms with Crippen LogP contribution in [0, 0.1) is 6.92 Å². The Hall–Kier alpha value is -2.80. The van der Waals surface area contributed by atoms with Gasteiger partial charge in [-0.1, -0.05) is 30.0 Å². The SMILES string of the molecule is Cc1nc(S[C@H](C)C(=O)Nc2ccc3c(c2)OCCO3)c2ccccc2n1. The summed E-state index contributed by atoms with van der Waals surface area (Å²) in [6, 6.07) is 13.2. The van der Waals surface area contributed by atoms with Crippen LogP contribution in [0.2, 0.25) is 0 Å². The number of para-hydroxylation sites is 1. The minimum atomic E-state index is -0.323. The molecule has 7 heteroatoms. The molecule has 0 radical (unpaired) electrons. The molecule has 0 fully saturated rings. The largest absolute Gasteiger partial charge is 0.486 e. The van der Waals surface area contributed by atoms with Gasteiger partial charge in [-0.2, -0.15) is 0 Å². The summed E-state index contributed by atoms with van der Waals surface area (Å²) in [5.41, 5.74) is 1.56. The Balaban J connectivity index is 1.50. The van der Waals surface area contributed by atoms with Crippen molar-refractivity contribution >= 4 is 34.3 Å². The van der Waals surface area contributed by atoms with Crippen LogP contribution in [-0.2, 0) is 4.79 Å². The van der Waals surface area contributed by atoms with E-state index in [0.717, 1.165) is 15.9 Å². The number of hydrogen-bond donors (Lipinski definition) is 1. The van der Waals surface area contributed by atoms with Crippen molar-refractivity contribution in [3.8, 4) is 11.5 Å². The van der Waals surface area contributed by atoms with Gasteiger partial charge in [0.15, 0.2) is 11.5 Å². The van der Waals surface area contributed by atoms with E-state index >= 15 is 0 Å². The molecule has 1 aliphatic heterocycles. The van der Waals surface area contributed by atoms with E-state index in [9.17, 15) is 4.79 Å². The molecule has 1 amide bonds. The summed E-state index contributed by atoms with van der Waals surface area (Å²) in [5, 5.41) is 4.37. The normalized spacial score (nSPS) is 14.0. The first-order valence-corrected chi connectivity index (χ1v) is 9.59. The van der Waals surface area contributed by atoms with E-state index in [1.807, 2.05) is 50.2 Å². The fourth-order valence-corrected chi connectivity index (χ4v) is 3.82. The Morgan fingerprint density at radius 2 is 1.89 bits per heavy atom. The van der Waals surface area contributed by atoms with Crippen LogP contribution in [0.4, 0.5) is 5.69 Å². The van der Waals surface area contributed by atoms with Gasteiger partial charge in [0.2, 0.25) is 5.91 Å². The number of carbonyl (C=O) groups is 1. The molecule has 1 atom stereocenters. The van der Waals surface area contributed by atoms with Crippen molar-refractivity contribution in [3.05, 3.63) is 48.3 Å². The van der Waals surface area contributed by atoms with Gasteiger partial charge in [-0.3, -0.25) is 4.79 Å². The van der Waals surface area contributed by atoms with Crippen molar-refractivity contribution in [1.82, 2.24) is 9.97 Å². The van der Waals surface area contributed by atoms with E-state index in [4.69, 9.17) is 9.47 Å². The molecular weight excluding hydrogens is 362 g/mol. The highest BCUT2D eigenvalue weighted by atomic mass is 32.2. The van der Waals surface area contributed by atoms with Gasteiger partial charge in [0, 0.05) is 17.1 Å². The molecule has 138 valence electrons. The van der Waals surface area contributed by atoms with Gasteiger partial charge in [-0.15, -0.1) is 0 Å². The van der Waals surface area contributed by atoms with Crippen LogP contribution in [0.25, 0.3) is 10.9 Å². The molecule has 4 rings (SSSR count). The van der Waals surface area contributed by atoms with E-state index in [2.05, 4.69) is 15.3 Å².